The number of nitrogens with zero attached hydrogens (tertiary/aromatic N) is 4. The van der Waals surface area contributed by atoms with Gasteiger partial charge in [0.1, 0.15) is 11.7 Å². The topological polar surface area (TPSA) is 95.0 Å². The van der Waals surface area contributed by atoms with E-state index in [4.69, 9.17) is 4.42 Å². The van der Waals surface area contributed by atoms with Crippen LogP contribution in [0.1, 0.15) is 31.3 Å². The number of fused-ring (bicyclic) bond motifs is 1. The van der Waals surface area contributed by atoms with E-state index in [0.717, 1.165) is 4.68 Å². The van der Waals surface area contributed by atoms with Crippen LogP contribution >= 0.6 is 0 Å². The Bertz CT molecular complexity index is 883. The lowest BCUT2D eigenvalue weighted by Crippen LogP contribution is -2.33. The highest BCUT2D eigenvalue weighted by atomic mass is 16.3. The summed E-state index contributed by atoms with van der Waals surface area (Å²) in [6, 6.07) is 3.09. The minimum Gasteiger partial charge on any atom is -0.459 e. The molecule has 0 saturated heterocycles. The summed E-state index contributed by atoms with van der Waals surface area (Å²) >= 11 is 0. The molecule has 0 fully saturated rings. The number of hydrogen-bond acceptors (Lipinski definition) is 5. The number of aromatic nitrogens is 4. The van der Waals surface area contributed by atoms with Crippen LogP contribution in [0.15, 0.2) is 40.1 Å². The third kappa shape index (κ3) is 2.28. The van der Waals surface area contributed by atoms with Crippen molar-refractivity contribution in [1.82, 2.24) is 19.4 Å². The van der Waals surface area contributed by atoms with E-state index in [1.54, 1.807) is 10.7 Å². The number of rotatable bonds is 2. The summed E-state index contributed by atoms with van der Waals surface area (Å²) in [5.74, 6) is -0.422. The minimum absolute atomic E-state index is 0.109. The van der Waals surface area contributed by atoms with Crippen LogP contribution < -0.4 is 11.0 Å². The summed E-state index contributed by atoms with van der Waals surface area (Å²) in [5, 5.41) is 4.54. The van der Waals surface area contributed by atoms with Crippen molar-refractivity contribution in [3.63, 3.8) is 0 Å². The highest BCUT2D eigenvalue weighted by molar-refractivity contribution is 5.97. The molecular formula is C14H15N5O3. The molecule has 1 amide bonds. The van der Waals surface area contributed by atoms with E-state index >= 15 is 0 Å². The Labute approximate surface area is 125 Å². The molecule has 3 aromatic heterocycles. The highest BCUT2D eigenvalue weighted by Gasteiger charge is 2.20. The van der Waals surface area contributed by atoms with Crippen molar-refractivity contribution in [1.29, 1.82) is 0 Å². The third-order valence-electron chi connectivity index (χ3n) is 3.09. The van der Waals surface area contributed by atoms with E-state index in [1.165, 1.54) is 24.9 Å². The number of nitrogens with one attached hydrogen (secondary N) is 1. The SMILES string of the molecule is CC(C)(C)n1ncc2c(=O)n(NC(=O)c3ccco3)cnc21. The van der Waals surface area contributed by atoms with Crippen molar-refractivity contribution >= 4 is 16.9 Å². The fourth-order valence-electron chi connectivity index (χ4n) is 2.05. The van der Waals surface area contributed by atoms with Gasteiger partial charge in [-0.15, -0.1) is 0 Å². The normalized spacial score (nSPS) is 11.8. The van der Waals surface area contributed by atoms with Gasteiger partial charge in [-0.3, -0.25) is 15.0 Å². The number of amides is 1. The van der Waals surface area contributed by atoms with Crippen molar-refractivity contribution in [3.8, 4) is 0 Å². The summed E-state index contributed by atoms with van der Waals surface area (Å²) in [7, 11) is 0. The predicted octanol–water partition coefficient (Wildman–Crippen LogP) is 1.32. The van der Waals surface area contributed by atoms with Crippen molar-refractivity contribution in [2.75, 3.05) is 5.43 Å². The Morgan fingerprint density at radius 3 is 2.77 bits per heavy atom. The molecule has 0 aliphatic heterocycles. The zero-order valence-electron chi connectivity index (χ0n) is 12.4. The Kier molecular flexibility index (Phi) is 3.09. The molecule has 0 unspecified atom stereocenters. The average molecular weight is 301 g/mol. The van der Waals surface area contributed by atoms with E-state index < -0.39 is 11.5 Å². The largest absolute Gasteiger partial charge is 0.459 e. The van der Waals surface area contributed by atoms with E-state index in [2.05, 4.69) is 15.5 Å². The summed E-state index contributed by atoms with van der Waals surface area (Å²) in [6.07, 6.45) is 4.09. The van der Waals surface area contributed by atoms with Gasteiger partial charge in [-0.2, -0.15) is 5.10 Å². The summed E-state index contributed by atoms with van der Waals surface area (Å²) in [4.78, 5) is 28.5. The molecule has 0 atom stereocenters. The van der Waals surface area contributed by atoms with Crippen LogP contribution in [0.5, 0.6) is 0 Å². The molecule has 0 saturated carbocycles. The number of carbonyl (C=O) groups is 1. The van der Waals surface area contributed by atoms with E-state index in [0.29, 0.717) is 11.0 Å². The first-order valence-corrected chi connectivity index (χ1v) is 6.68. The van der Waals surface area contributed by atoms with Gasteiger partial charge in [0.15, 0.2) is 11.4 Å². The molecule has 8 nitrogen and oxygen atoms in total. The monoisotopic (exact) mass is 301 g/mol. The number of carbonyl (C=O) groups excluding carboxylic acids is 1. The molecule has 0 aliphatic rings. The Balaban J connectivity index is 2.01. The van der Waals surface area contributed by atoms with Crippen molar-refractivity contribution in [2.24, 2.45) is 0 Å². The molecule has 0 aliphatic carbocycles. The van der Waals surface area contributed by atoms with Gasteiger partial charge in [0.25, 0.3) is 5.56 Å². The standard InChI is InChI=1S/C14H15N5O3/c1-14(2,3)19-11-9(7-16-19)13(21)18(8-15-11)17-12(20)10-5-4-6-22-10/h4-8H,1-3H3,(H,17,20). The fourth-order valence-corrected chi connectivity index (χ4v) is 2.05. The zero-order chi connectivity index (χ0) is 15.9. The Morgan fingerprint density at radius 1 is 1.36 bits per heavy atom. The van der Waals surface area contributed by atoms with Crippen LogP contribution in [-0.2, 0) is 5.54 Å². The number of furan rings is 1. The maximum absolute atomic E-state index is 12.4. The van der Waals surface area contributed by atoms with Gasteiger partial charge in [-0.25, -0.2) is 14.3 Å². The molecule has 0 aromatic carbocycles. The first-order valence-electron chi connectivity index (χ1n) is 6.68. The lowest BCUT2D eigenvalue weighted by molar-refractivity contribution is 0.0980. The first-order chi connectivity index (χ1) is 10.4. The van der Waals surface area contributed by atoms with Gasteiger partial charge in [-0.05, 0) is 32.9 Å². The maximum atomic E-state index is 12.4. The van der Waals surface area contributed by atoms with Crippen LogP contribution in [0.3, 0.4) is 0 Å². The maximum Gasteiger partial charge on any atom is 0.305 e. The van der Waals surface area contributed by atoms with Crippen LogP contribution in [0.25, 0.3) is 11.0 Å². The minimum atomic E-state index is -0.531. The summed E-state index contributed by atoms with van der Waals surface area (Å²) in [5.41, 5.74) is 2.19. The predicted molar refractivity (Wildman–Crippen MR) is 79.2 cm³/mol. The van der Waals surface area contributed by atoms with Crippen LogP contribution in [0.2, 0.25) is 0 Å². The Hall–Kier alpha value is -2.90. The molecule has 22 heavy (non-hydrogen) atoms. The molecule has 8 heteroatoms. The molecule has 0 radical (unpaired) electrons. The molecule has 114 valence electrons. The van der Waals surface area contributed by atoms with Gasteiger partial charge >= 0.3 is 5.91 Å². The van der Waals surface area contributed by atoms with Crippen molar-refractivity contribution in [2.45, 2.75) is 26.3 Å². The second kappa shape index (κ2) is 4.83. The van der Waals surface area contributed by atoms with Gasteiger partial charge in [-0.1, -0.05) is 0 Å². The van der Waals surface area contributed by atoms with Gasteiger partial charge in [0.05, 0.1) is 18.0 Å². The second-order valence-corrected chi connectivity index (χ2v) is 5.80. The van der Waals surface area contributed by atoms with Crippen molar-refractivity contribution < 1.29 is 9.21 Å². The molecule has 3 aromatic rings. The average Bonchev–Trinajstić information content (AvgIpc) is 3.09. The lowest BCUT2D eigenvalue weighted by atomic mass is 10.1. The summed E-state index contributed by atoms with van der Waals surface area (Å²) < 4.78 is 7.66. The third-order valence-corrected chi connectivity index (χ3v) is 3.09. The van der Waals surface area contributed by atoms with Gasteiger partial charge < -0.3 is 4.42 Å². The second-order valence-electron chi connectivity index (χ2n) is 5.80. The molecule has 0 spiro atoms. The first kappa shape index (κ1) is 14.1. The zero-order valence-corrected chi connectivity index (χ0v) is 12.4. The van der Waals surface area contributed by atoms with Gasteiger partial charge in [0, 0.05) is 0 Å². The van der Waals surface area contributed by atoms with E-state index in [9.17, 15) is 9.59 Å². The number of hydrogen-bond donors (Lipinski definition) is 1. The highest BCUT2D eigenvalue weighted by Crippen LogP contribution is 2.17. The lowest BCUT2D eigenvalue weighted by Gasteiger charge is -2.19. The quantitative estimate of drug-likeness (QED) is 0.770. The molecule has 3 heterocycles. The van der Waals surface area contributed by atoms with Crippen molar-refractivity contribution in [3.05, 3.63) is 47.0 Å². The Morgan fingerprint density at radius 2 is 2.14 bits per heavy atom. The fraction of sp³-hybridized carbons (Fsp3) is 0.286. The van der Waals surface area contributed by atoms with Crippen LogP contribution in [-0.4, -0.2) is 25.3 Å². The molecule has 1 N–H and O–H groups in total. The molecular weight excluding hydrogens is 286 g/mol. The van der Waals surface area contributed by atoms with Crippen LogP contribution in [0.4, 0.5) is 0 Å². The smallest absolute Gasteiger partial charge is 0.305 e. The summed E-state index contributed by atoms with van der Waals surface area (Å²) in [6.45, 7) is 5.89. The van der Waals surface area contributed by atoms with E-state index in [1.807, 2.05) is 20.8 Å². The molecule has 0 bridgehead atoms. The van der Waals surface area contributed by atoms with E-state index in [-0.39, 0.29) is 11.3 Å². The molecule has 3 rings (SSSR count). The van der Waals surface area contributed by atoms with Gasteiger partial charge in [0.2, 0.25) is 0 Å². The van der Waals surface area contributed by atoms with Crippen LogP contribution in [0, 0.1) is 0 Å².